The molecule has 0 saturated heterocycles. The van der Waals surface area contributed by atoms with E-state index in [1.54, 1.807) is 39.3 Å². The maximum absolute atomic E-state index is 12.6. The van der Waals surface area contributed by atoms with Gasteiger partial charge in [0, 0.05) is 10.9 Å². The average molecular weight is 419 g/mol. The van der Waals surface area contributed by atoms with Gasteiger partial charge in [-0.3, -0.25) is 4.79 Å². The Kier molecular flexibility index (Phi) is 6.98. The lowest BCUT2D eigenvalue weighted by Crippen LogP contribution is -2.23. The van der Waals surface area contributed by atoms with E-state index in [2.05, 4.69) is 10.6 Å². The van der Waals surface area contributed by atoms with E-state index in [-0.39, 0.29) is 18.4 Å². The number of carbonyl (C=O) groups is 2. The second-order valence-corrected chi connectivity index (χ2v) is 7.71. The van der Waals surface area contributed by atoms with Crippen LogP contribution in [0.25, 0.3) is 0 Å². The molecule has 3 rings (SSSR count). The minimum atomic E-state index is -0.371. The predicted octanol–water partition coefficient (Wildman–Crippen LogP) is 3.87. The molecule has 0 spiro atoms. The molecule has 2 aromatic rings. The molecule has 0 unspecified atom stereocenters. The monoisotopic (exact) mass is 418 g/mol. The number of esters is 1. The number of thiophene rings is 1. The smallest absolute Gasteiger partial charge is 0.341 e. The van der Waals surface area contributed by atoms with Gasteiger partial charge in [0.1, 0.15) is 16.5 Å². The van der Waals surface area contributed by atoms with Crippen molar-refractivity contribution in [1.82, 2.24) is 0 Å². The number of amides is 1. The van der Waals surface area contributed by atoms with Gasteiger partial charge in [0.25, 0.3) is 0 Å². The van der Waals surface area contributed by atoms with Crippen LogP contribution in [0.1, 0.15) is 40.6 Å². The molecule has 8 heteroatoms. The van der Waals surface area contributed by atoms with Gasteiger partial charge in [0.05, 0.1) is 38.6 Å². The first-order valence-corrected chi connectivity index (χ1v) is 10.5. The van der Waals surface area contributed by atoms with Crippen molar-refractivity contribution in [3.05, 3.63) is 34.2 Å². The molecule has 1 heterocycles. The van der Waals surface area contributed by atoms with Crippen LogP contribution in [0.3, 0.4) is 0 Å². The zero-order valence-electron chi connectivity index (χ0n) is 16.9. The molecule has 0 fully saturated rings. The van der Waals surface area contributed by atoms with Crippen LogP contribution in [-0.2, 0) is 22.4 Å². The highest BCUT2D eigenvalue weighted by atomic mass is 32.1. The molecular formula is C21H26N2O5S. The third kappa shape index (κ3) is 4.82. The van der Waals surface area contributed by atoms with Gasteiger partial charge in [-0.05, 0) is 50.3 Å². The number of ether oxygens (including phenoxy) is 3. The quantitative estimate of drug-likeness (QED) is 0.633. The number of benzene rings is 1. The van der Waals surface area contributed by atoms with Gasteiger partial charge in [0.2, 0.25) is 5.91 Å². The normalized spacial score (nSPS) is 12.7. The molecule has 1 aliphatic carbocycles. The van der Waals surface area contributed by atoms with Gasteiger partial charge in [-0.1, -0.05) is 0 Å². The summed E-state index contributed by atoms with van der Waals surface area (Å²) in [6.45, 7) is 2.10. The van der Waals surface area contributed by atoms with Crippen LogP contribution in [0.5, 0.6) is 11.5 Å². The Morgan fingerprint density at radius 2 is 1.93 bits per heavy atom. The molecule has 2 N–H and O–H groups in total. The number of carbonyl (C=O) groups excluding carboxylic acids is 2. The first-order valence-electron chi connectivity index (χ1n) is 9.64. The van der Waals surface area contributed by atoms with Gasteiger partial charge in [-0.15, -0.1) is 11.3 Å². The molecule has 1 aromatic carbocycles. The van der Waals surface area contributed by atoms with Crippen LogP contribution in [0, 0.1) is 0 Å². The summed E-state index contributed by atoms with van der Waals surface area (Å²) in [5.41, 5.74) is 2.19. The molecule has 0 radical (unpaired) electrons. The van der Waals surface area contributed by atoms with E-state index in [1.807, 2.05) is 0 Å². The van der Waals surface area contributed by atoms with Gasteiger partial charge in [-0.2, -0.15) is 0 Å². The van der Waals surface area contributed by atoms with Crippen LogP contribution in [0.15, 0.2) is 18.2 Å². The summed E-state index contributed by atoms with van der Waals surface area (Å²) in [6.07, 6.45) is 3.91. The Morgan fingerprint density at radius 1 is 1.14 bits per heavy atom. The second-order valence-electron chi connectivity index (χ2n) is 6.60. The molecular weight excluding hydrogens is 392 g/mol. The van der Waals surface area contributed by atoms with E-state index in [4.69, 9.17) is 14.2 Å². The minimum absolute atomic E-state index is 0.0222. The first-order chi connectivity index (χ1) is 14.1. The van der Waals surface area contributed by atoms with Crippen LogP contribution in [-0.4, -0.2) is 39.2 Å². The van der Waals surface area contributed by atoms with Crippen molar-refractivity contribution in [1.29, 1.82) is 0 Å². The molecule has 0 saturated carbocycles. The Balaban J connectivity index is 1.74. The summed E-state index contributed by atoms with van der Waals surface area (Å²) in [5, 5.41) is 6.52. The van der Waals surface area contributed by atoms with Crippen molar-refractivity contribution in [2.75, 3.05) is 38.0 Å². The summed E-state index contributed by atoms with van der Waals surface area (Å²) >= 11 is 1.47. The fourth-order valence-electron chi connectivity index (χ4n) is 3.37. The maximum Gasteiger partial charge on any atom is 0.341 e. The van der Waals surface area contributed by atoms with Gasteiger partial charge >= 0.3 is 5.97 Å². The summed E-state index contributed by atoms with van der Waals surface area (Å²) < 4.78 is 15.8. The van der Waals surface area contributed by atoms with E-state index in [1.165, 1.54) is 11.3 Å². The van der Waals surface area contributed by atoms with Crippen LogP contribution in [0.4, 0.5) is 10.7 Å². The molecule has 29 heavy (non-hydrogen) atoms. The van der Waals surface area contributed by atoms with Gasteiger partial charge in [0.15, 0.2) is 0 Å². The molecule has 1 amide bonds. The number of fused-ring (bicyclic) bond motifs is 1. The maximum atomic E-state index is 12.6. The standard InChI is InChI=1S/C21H26N2O5S/c1-4-28-21(25)19-14-7-5-6-8-17(14)29-20(19)23-18(24)12-22-15-11-13(26-2)9-10-16(15)27-3/h9-11,22H,4-8,12H2,1-3H3,(H,23,24). The Labute approximate surface area is 174 Å². The first kappa shape index (κ1) is 21.0. The molecule has 7 nitrogen and oxygen atoms in total. The van der Waals surface area contributed by atoms with E-state index in [0.29, 0.717) is 34.4 Å². The number of methoxy groups -OCH3 is 2. The lowest BCUT2D eigenvalue weighted by Gasteiger charge is -2.13. The molecule has 0 bridgehead atoms. The van der Waals surface area contributed by atoms with Crippen molar-refractivity contribution in [3.8, 4) is 11.5 Å². The topological polar surface area (TPSA) is 85.9 Å². The largest absolute Gasteiger partial charge is 0.497 e. The van der Waals surface area contributed by atoms with E-state index in [9.17, 15) is 9.59 Å². The van der Waals surface area contributed by atoms with Crippen LogP contribution in [0.2, 0.25) is 0 Å². The molecule has 0 atom stereocenters. The number of nitrogens with one attached hydrogen (secondary N) is 2. The Bertz CT molecular complexity index is 893. The zero-order chi connectivity index (χ0) is 20.8. The summed E-state index contributed by atoms with van der Waals surface area (Å²) in [5.74, 6) is 0.644. The van der Waals surface area contributed by atoms with Gasteiger partial charge in [-0.25, -0.2) is 4.79 Å². The molecule has 1 aromatic heterocycles. The summed E-state index contributed by atoms with van der Waals surface area (Å²) in [7, 11) is 3.14. The Morgan fingerprint density at radius 3 is 2.66 bits per heavy atom. The zero-order valence-corrected chi connectivity index (χ0v) is 17.7. The number of hydrogen-bond donors (Lipinski definition) is 2. The van der Waals surface area contributed by atoms with Crippen molar-refractivity contribution < 1.29 is 23.8 Å². The fourth-order valence-corrected chi connectivity index (χ4v) is 4.67. The minimum Gasteiger partial charge on any atom is -0.497 e. The molecule has 156 valence electrons. The fraction of sp³-hybridized carbons (Fsp3) is 0.429. The second kappa shape index (κ2) is 9.65. The predicted molar refractivity (Wildman–Crippen MR) is 114 cm³/mol. The third-order valence-corrected chi connectivity index (χ3v) is 5.96. The SMILES string of the molecule is CCOC(=O)c1c(NC(=O)CNc2cc(OC)ccc2OC)sc2c1CCCC2. The third-order valence-electron chi connectivity index (χ3n) is 4.75. The Hall–Kier alpha value is -2.74. The van der Waals surface area contributed by atoms with E-state index >= 15 is 0 Å². The van der Waals surface area contributed by atoms with Crippen molar-refractivity contribution in [3.63, 3.8) is 0 Å². The van der Waals surface area contributed by atoms with Crippen LogP contribution >= 0.6 is 11.3 Å². The average Bonchev–Trinajstić information content (AvgIpc) is 3.09. The number of hydrogen-bond acceptors (Lipinski definition) is 7. The molecule has 1 aliphatic rings. The lowest BCUT2D eigenvalue weighted by molar-refractivity contribution is -0.114. The van der Waals surface area contributed by atoms with E-state index in [0.717, 1.165) is 36.1 Å². The highest BCUT2D eigenvalue weighted by molar-refractivity contribution is 7.17. The summed E-state index contributed by atoms with van der Waals surface area (Å²) in [6, 6.07) is 5.32. The van der Waals surface area contributed by atoms with Crippen molar-refractivity contribution in [2.45, 2.75) is 32.6 Å². The lowest BCUT2D eigenvalue weighted by atomic mass is 9.95. The molecule has 0 aliphatic heterocycles. The number of anilines is 2. The van der Waals surface area contributed by atoms with Gasteiger partial charge < -0.3 is 24.8 Å². The highest BCUT2D eigenvalue weighted by Gasteiger charge is 2.27. The number of aryl methyl sites for hydroxylation is 1. The van der Waals surface area contributed by atoms with Crippen molar-refractivity contribution >= 4 is 33.9 Å². The highest BCUT2D eigenvalue weighted by Crippen LogP contribution is 2.38. The van der Waals surface area contributed by atoms with E-state index < -0.39 is 0 Å². The van der Waals surface area contributed by atoms with Crippen LogP contribution < -0.4 is 20.1 Å². The van der Waals surface area contributed by atoms with Crippen molar-refractivity contribution in [2.24, 2.45) is 0 Å². The summed E-state index contributed by atoms with van der Waals surface area (Å²) in [4.78, 5) is 26.3. The number of rotatable bonds is 8.